The van der Waals surface area contributed by atoms with Gasteiger partial charge >= 0.3 is 0 Å². The van der Waals surface area contributed by atoms with Crippen molar-refractivity contribution in [1.82, 2.24) is 0 Å². The minimum Gasteiger partial charge on any atom is -0.494 e. The van der Waals surface area contributed by atoms with Crippen LogP contribution in [0.15, 0.2) is 78.9 Å². The van der Waals surface area contributed by atoms with Gasteiger partial charge in [-0.15, -0.1) is 24.0 Å². The van der Waals surface area contributed by atoms with Crippen LogP contribution in [0.1, 0.15) is 19.3 Å². The molecular weight excluding hydrogens is 380 g/mol. The second kappa shape index (κ2) is 8.75. The molecule has 5 rings (SSSR count). The smallest absolute Gasteiger partial charge is 0.119 e. The number of fused-ring (bicyclic) bond motifs is 2. The number of hydrogen-bond acceptors (Lipinski definition) is 1. The largest absolute Gasteiger partial charge is 0.494 e. The van der Waals surface area contributed by atoms with Crippen molar-refractivity contribution in [3.63, 3.8) is 0 Å². The highest BCUT2D eigenvalue weighted by molar-refractivity contribution is 6.81. The van der Waals surface area contributed by atoms with Crippen molar-refractivity contribution in [1.29, 1.82) is 0 Å². The number of ether oxygens (including phenoxy) is 1. The first-order valence-electron chi connectivity index (χ1n) is 11.8. The van der Waals surface area contributed by atoms with Gasteiger partial charge in [0.25, 0.3) is 0 Å². The minimum atomic E-state index is -1.55. The number of rotatable bonds is 7. The number of allylic oxidation sites excluding steroid dienone is 8. The summed E-state index contributed by atoms with van der Waals surface area (Å²) in [7, 11) is -1.55. The third-order valence-electron chi connectivity index (χ3n) is 8.26. The second-order valence-electron chi connectivity index (χ2n) is 9.78. The molecule has 2 fully saturated rings. The van der Waals surface area contributed by atoms with E-state index in [4.69, 9.17) is 4.74 Å². The summed E-state index contributed by atoms with van der Waals surface area (Å²) in [5.41, 5.74) is 1.72. The van der Waals surface area contributed by atoms with E-state index < -0.39 is 8.07 Å². The lowest BCUT2D eigenvalue weighted by Gasteiger charge is -2.48. The van der Waals surface area contributed by atoms with E-state index >= 15 is 0 Å². The molecule has 0 spiro atoms. The molecule has 1 aromatic rings. The Labute approximate surface area is 183 Å². The van der Waals surface area contributed by atoms with Gasteiger partial charge in [0.1, 0.15) is 5.75 Å². The van der Waals surface area contributed by atoms with Crippen LogP contribution in [0, 0.1) is 36.5 Å². The van der Waals surface area contributed by atoms with Crippen molar-refractivity contribution < 1.29 is 4.74 Å². The fourth-order valence-corrected chi connectivity index (χ4v) is 12.7. The van der Waals surface area contributed by atoms with Crippen molar-refractivity contribution in [2.75, 3.05) is 6.61 Å². The normalized spacial score (nSPS) is 35.8. The van der Waals surface area contributed by atoms with E-state index in [1.807, 2.05) is 0 Å². The van der Waals surface area contributed by atoms with Crippen molar-refractivity contribution in [2.24, 2.45) is 23.7 Å². The van der Waals surface area contributed by atoms with Gasteiger partial charge in [-0.1, -0.05) is 78.3 Å². The molecule has 30 heavy (non-hydrogen) atoms. The average Bonchev–Trinajstić information content (AvgIpc) is 3.42. The highest BCUT2D eigenvalue weighted by Crippen LogP contribution is 2.59. The maximum absolute atomic E-state index is 6.10. The lowest BCUT2D eigenvalue weighted by molar-refractivity contribution is 0.316. The molecule has 0 N–H and O–H groups in total. The minimum absolute atomic E-state index is 0.662. The quantitative estimate of drug-likeness (QED) is 0.260. The molecule has 2 saturated carbocycles. The van der Waals surface area contributed by atoms with E-state index in [2.05, 4.69) is 98.3 Å². The van der Waals surface area contributed by atoms with Crippen LogP contribution in [0.5, 0.6) is 5.75 Å². The summed E-state index contributed by atoms with van der Waals surface area (Å²) in [4.78, 5) is 0. The summed E-state index contributed by atoms with van der Waals surface area (Å²) in [6, 6.07) is 11.7. The second-order valence-corrected chi connectivity index (χ2v) is 14.8. The fraction of sp³-hybridized carbons (Fsp3) is 0.429. The van der Waals surface area contributed by atoms with Gasteiger partial charge in [0.15, 0.2) is 0 Å². The molecule has 158 valence electrons. The summed E-state index contributed by atoms with van der Waals surface area (Å²) in [6.45, 7) is 3.59. The Balaban J connectivity index is 1.34. The van der Waals surface area contributed by atoms with E-state index in [1.54, 1.807) is 0 Å². The van der Waals surface area contributed by atoms with Crippen molar-refractivity contribution in [2.45, 2.75) is 42.9 Å². The van der Waals surface area contributed by atoms with Gasteiger partial charge in [0.2, 0.25) is 0 Å². The van der Waals surface area contributed by atoms with Gasteiger partial charge in [-0.25, -0.2) is 0 Å². The third kappa shape index (κ3) is 3.80. The monoisotopic (exact) mass is 414 g/mol. The van der Waals surface area contributed by atoms with Crippen molar-refractivity contribution >= 4 is 8.07 Å². The van der Waals surface area contributed by atoms with Crippen LogP contribution < -0.4 is 4.74 Å². The maximum atomic E-state index is 6.10. The first kappa shape index (κ1) is 20.1. The van der Waals surface area contributed by atoms with E-state index in [1.165, 1.54) is 25.3 Å². The van der Waals surface area contributed by atoms with E-state index in [-0.39, 0.29) is 0 Å². The standard InChI is InChI=1S/C28H34OSi/c1-30(21-9-20-29-24-12-3-2-4-13-24,27-18-16-22-10-5-7-14-25(22)27)28-19-17-23-11-6-8-15-26(23)28/h2-8,10-17,22-23,25-28H,9,18-21H2,1H3/q-2. The zero-order chi connectivity index (χ0) is 20.4. The Kier molecular flexibility index (Phi) is 5.87. The van der Waals surface area contributed by atoms with Gasteiger partial charge in [-0.05, 0) is 30.4 Å². The lowest BCUT2D eigenvalue weighted by Crippen LogP contribution is -2.45. The molecule has 0 aromatic heterocycles. The Bertz CT molecular complexity index is 791. The maximum Gasteiger partial charge on any atom is 0.119 e. The number of para-hydroxylation sites is 1. The van der Waals surface area contributed by atoms with Gasteiger partial charge < -0.3 is 17.6 Å². The number of benzene rings is 1. The van der Waals surface area contributed by atoms with Crippen LogP contribution in [0.3, 0.4) is 0 Å². The zero-order valence-electron chi connectivity index (χ0n) is 18.1. The van der Waals surface area contributed by atoms with Crippen LogP contribution in [-0.2, 0) is 0 Å². The summed E-state index contributed by atoms with van der Waals surface area (Å²) in [5.74, 6) is 3.78. The summed E-state index contributed by atoms with van der Waals surface area (Å²) in [5, 5.41) is 0. The summed E-state index contributed by atoms with van der Waals surface area (Å²) >= 11 is 0. The Morgan fingerprint density at radius 2 is 1.40 bits per heavy atom. The fourth-order valence-electron chi connectivity index (χ4n) is 6.70. The molecule has 0 saturated heterocycles. The van der Waals surface area contributed by atoms with E-state index in [9.17, 15) is 0 Å². The van der Waals surface area contributed by atoms with E-state index in [0.29, 0.717) is 11.8 Å². The predicted molar refractivity (Wildman–Crippen MR) is 129 cm³/mol. The molecule has 0 bridgehead atoms. The molecule has 1 nitrogen and oxygen atoms in total. The molecule has 0 aliphatic heterocycles. The van der Waals surface area contributed by atoms with Crippen LogP contribution in [0.4, 0.5) is 0 Å². The highest BCUT2D eigenvalue weighted by Gasteiger charge is 2.49. The van der Waals surface area contributed by atoms with Crippen molar-refractivity contribution in [3.8, 4) is 5.75 Å². The number of hydrogen-bond donors (Lipinski definition) is 0. The van der Waals surface area contributed by atoms with Crippen LogP contribution in [-0.4, -0.2) is 14.7 Å². The highest BCUT2D eigenvalue weighted by atomic mass is 28.3. The van der Waals surface area contributed by atoms with Gasteiger partial charge in [0, 0.05) is 0 Å². The lowest BCUT2D eigenvalue weighted by atomic mass is 9.91. The molecule has 6 unspecified atom stereocenters. The van der Waals surface area contributed by atoms with Crippen LogP contribution in [0.2, 0.25) is 23.7 Å². The zero-order valence-corrected chi connectivity index (χ0v) is 19.1. The Morgan fingerprint density at radius 3 is 2.00 bits per heavy atom. The summed E-state index contributed by atoms with van der Waals surface area (Å²) < 4.78 is 6.10. The first-order valence-corrected chi connectivity index (χ1v) is 14.7. The summed E-state index contributed by atoms with van der Waals surface area (Å²) in [6.07, 6.45) is 28.0. The molecule has 0 amide bonds. The van der Waals surface area contributed by atoms with Crippen LogP contribution >= 0.6 is 0 Å². The Hall–Kier alpha value is -1.80. The van der Waals surface area contributed by atoms with Gasteiger partial charge in [-0.2, -0.15) is 12.8 Å². The third-order valence-corrected chi connectivity index (χ3v) is 14.3. The Morgan fingerprint density at radius 1 is 0.833 bits per heavy atom. The SMILES string of the molecule is C[Si](CCCOc1ccccc1)(C1C[CH-]C2C=CC=CC21)C1C[CH-]C2C=CC=CC21. The predicted octanol–water partition coefficient (Wildman–Crippen LogP) is 7.21. The molecule has 6 atom stereocenters. The van der Waals surface area contributed by atoms with Gasteiger partial charge in [0.05, 0.1) is 14.7 Å². The molecule has 4 aliphatic rings. The molecule has 0 heterocycles. The molecule has 4 aliphatic carbocycles. The molecule has 2 heteroatoms. The van der Waals surface area contributed by atoms with Crippen LogP contribution in [0.25, 0.3) is 0 Å². The van der Waals surface area contributed by atoms with Gasteiger partial charge in [-0.3, -0.25) is 0 Å². The molecule has 0 radical (unpaired) electrons. The van der Waals surface area contributed by atoms with E-state index in [0.717, 1.165) is 35.3 Å². The molecule has 1 aromatic carbocycles. The average molecular weight is 415 g/mol. The topological polar surface area (TPSA) is 9.23 Å². The first-order chi connectivity index (χ1) is 14.8. The van der Waals surface area contributed by atoms with Crippen molar-refractivity contribution in [3.05, 3.63) is 91.8 Å². The molecular formula is C28H34OSi-2.